The van der Waals surface area contributed by atoms with Crippen molar-refractivity contribution in [3.8, 4) is 0 Å². The molecule has 0 aliphatic heterocycles. The third-order valence-electron chi connectivity index (χ3n) is 2.11. The predicted octanol–water partition coefficient (Wildman–Crippen LogP) is 4.12. The lowest BCUT2D eigenvalue weighted by atomic mass is 10.1. The number of rotatable bonds is 0. The van der Waals surface area contributed by atoms with Crippen LogP contribution in [-0.4, -0.2) is 4.98 Å². The maximum Gasteiger partial charge on any atom is 0.433 e. The van der Waals surface area contributed by atoms with Gasteiger partial charge in [-0.3, -0.25) is 0 Å². The van der Waals surface area contributed by atoms with E-state index in [9.17, 15) is 13.2 Å². The van der Waals surface area contributed by atoms with E-state index in [0.717, 1.165) is 11.6 Å². The second-order valence-electron chi connectivity index (χ2n) is 3.39. The minimum absolute atomic E-state index is 0.318. The third-order valence-corrected chi connectivity index (χ3v) is 2.74. The molecule has 0 unspecified atom stereocenters. The molecule has 0 saturated heterocycles. The molecule has 1 nitrogen and oxygen atoms in total. The number of hydrogen-bond acceptors (Lipinski definition) is 1. The van der Waals surface area contributed by atoms with Crippen molar-refractivity contribution in [2.45, 2.75) is 13.1 Å². The third kappa shape index (κ3) is 2.04. The highest BCUT2D eigenvalue weighted by molar-refractivity contribution is 9.10. The van der Waals surface area contributed by atoms with Gasteiger partial charge in [-0.15, -0.1) is 0 Å². The van der Waals surface area contributed by atoms with Crippen LogP contribution >= 0.6 is 15.9 Å². The van der Waals surface area contributed by atoms with E-state index in [4.69, 9.17) is 0 Å². The lowest BCUT2D eigenvalue weighted by molar-refractivity contribution is -0.140. The first kappa shape index (κ1) is 11.4. The van der Waals surface area contributed by atoms with E-state index in [1.165, 1.54) is 6.07 Å². The summed E-state index contributed by atoms with van der Waals surface area (Å²) >= 11 is 3.25. The molecule has 0 aliphatic rings. The van der Waals surface area contributed by atoms with Gasteiger partial charge in [0.05, 0.1) is 5.52 Å². The zero-order valence-electron chi connectivity index (χ0n) is 8.19. The maximum absolute atomic E-state index is 12.4. The van der Waals surface area contributed by atoms with E-state index >= 15 is 0 Å². The Bertz CT molecular complexity index is 549. The van der Waals surface area contributed by atoms with Crippen molar-refractivity contribution < 1.29 is 13.2 Å². The molecule has 0 N–H and O–H groups in total. The second-order valence-corrected chi connectivity index (χ2v) is 4.19. The van der Waals surface area contributed by atoms with Crippen LogP contribution in [-0.2, 0) is 6.18 Å². The number of benzene rings is 1. The molecule has 2 rings (SSSR count). The van der Waals surface area contributed by atoms with E-state index < -0.39 is 11.9 Å². The van der Waals surface area contributed by atoms with Gasteiger partial charge in [-0.2, -0.15) is 13.2 Å². The fourth-order valence-corrected chi connectivity index (χ4v) is 2.06. The van der Waals surface area contributed by atoms with E-state index in [0.29, 0.717) is 15.4 Å². The first-order valence-corrected chi connectivity index (χ1v) is 5.23. The van der Waals surface area contributed by atoms with Crippen molar-refractivity contribution in [2.75, 3.05) is 0 Å². The summed E-state index contributed by atoms with van der Waals surface area (Å²) in [6.45, 7) is 1.76. The zero-order chi connectivity index (χ0) is 11.9. The molecule has 0 saturated carbocycles. The van der Waals surface area contributed by atoms with Gasteiger partial charge in [0, 0.05) is 15.9 Å². The number of hydrogen-bond donors (Lipinski definition) is 0. The molecule has 1 heterocycles. The second kappa shape index (κ2) is 3.73. The Morgan fingerprint density at radius 3 is 2.62 bits per heavy atom. The Labute approximate surface area is 98.4 Å². The number of aromatic nitrogens is 1. The topological polar surface area (TPSA) is 12.9 Å². The van der Waals surface area contributed by atoms with Gasteiger partial charge in [0.15, 0.2) is 0 Å². The summed E-state index contributed by atoms with van der Waals surface area (Å²) in [5.41, 5.74) is 0.182. The molecule has 1 radical (unpaired) electrons. The van der Waals surface area contributed by atoms with Crippen molar-refractivity contribution >= 4 is 26.8 Å². The number of fused-ring (bicyclic) bond motifs is 1. The van der Waals surface area contributed by atoms with Crippen LogP contribution in [0.5, 0.6) is 0 Å². The van der Waals surface area contributed by atoms with Crippen molar-refractivity contribution in [1.29, 1.82) is 0 Å². The first-order valence-electron chi connectivity index (χ1n) is 4.44. The smallest absolute Gasteiger partial charge is 0.243 e. The average molecular weight is 289 g/mol. The lowest BCUT2D eigenvalue weighted by Gasteiger charge is -2.07. The molecule has 16 heavy (non-hydrogen) atoms. The molecule has 1 aromatic heterocycles. The fraction of sp³-hybridized carbons (Fsp3) is 0.182. The van der Waals surface area contributed by atoms with Crippen LogP contribution in [0.2, 0.25) is 0 Å². The van der Waals surface area contributed by atoms with Crippen molar-refractivity contribution in [1.82, 2.24) is 4.98 Å². The highest BCUT2D eigenvalue weighted by atomic mass is 79.9. The van der Waals surface area contributed by atoms with E-state index in [2.05, 4.69) is 27.0 Å². The molecule has 5 heteroatoms. The Morgan fingerprint density at radius 1 is 1.31 bits per heavy atom. The molecule has 0 atom stereocenters. The Kier molecular flexibility index (Phi) is 2.66. The number of alkyl halides is 3. The molecular weight excluding hydrogens is 283 g/mol. The normalized spacial score (nSPS) is 12.1. The molecule has 0 spiro atoms. The summed E-state index contributed by atoms with van der Waals surface area (Å²) in [7, 11) is 0. The summed E-state index contributed by atoms with van der Waals surface area (Å²) in [6.07, 6.45) is -4.41. The highest BCUT2D eigenvalue weighted by Gasteiger charge is 2.32. The van der Waals surface area contributed by atoms with Crippen LogP contribution in [0.15, 0.2) is 22.7 Å². The van der Waals surface area contributed by atoms with Crippen LogP contribution in [0.4, 0.5) is 13.2 Å². The summed E-state index contributed by atoms with van der Waals surface area (Å²) in [5, 5.41) is 0.624. The van der Waals surface area contributed by atoms with Crippen LogP contribution in [0.3, 0.4) is 0 Å². The van der Waals surface area contributed by atoms with Gasteiger partial charge in [0.25, 0.3) is 0 Å². The average Bonchev–Trinajstić information content (AvgIpc) is 2.15. The van der Waals surface area contributed by atoms with Crippen LogP contribution in [0.1, 0.15) is 11.3 Å². The summed E-state index contributed by atoms with van der Waals surface area (Å²) in [6, 6.07) is 6.91. The summed E-state index contributed by atoms with van der Waals surface area (Å²) in [4.78, 5) is 3.59. The Balaban J connectivity index is 2.71. The monoisotopic (exact) mass is 288 g/mol. The van der Waals surface area contributed by atoms with E-state index in [1.807, 2.05) is 0 Å². The largest absolute Gasteiger partial charge is 0.433 e. The number of halogens is 4. The highest BCUT2D eigenvalue weighted by Crippen LogP contribution is 2.31. The zero-order valence-corrected chi connectivity index (χ0v) is 9.78. The fourth-order valence-electron chi connectivity index (χ4n) is 1.41. The minimum atomic E-state index is -4.41. The van der Waals surface area contributed by atoms with Gasteiger partial charge >= 0.3 is 6.18 Å². The quantitative estimate of drug-likeness (QED) is 0.710. The molecule has 2 aromatic rings. The SMILES string of the molecule is Cc1[c]c(Br)c2ccc(C(F)(F)F)nc2c1. The van der Waals surface area contributed by atoms with Crippen LogP contribution < -0.4 is 0 Å². The first-order chi connectivity index (χ1) is 7.38. The standard InChI is InChI=1S/C11H6BrF3N/c1-6-4-8(12)7-2-3-10(11(13,14)15)16-9(7)5-6/h2-3,5H,1H3. The van der Waals surface area contributed by atoms with Gasteiger partial charge in [-0.1, -0.05) is 0 Å². The molecule has 0 amide bonds. The van der Waals surface area contributed by atoms with Crippen molar-refractivity contribution in [3.63, 3.8) is 0 Å². The molecule has 0 bridgehead atoms. The van der Waals surface area contributed by atoms with Gasteiger partial charge in [0.1, 0.15) is 5.69 Å². The Hall–Kier alpha value is -1.10. The van der Waals surface area contributed by atoms with Crippen LogP contribution in [0, 0.1) is 13.0 Å². The molecule has 1 aromatic carbocycles. The van der Waals surface area contributed by atoms with Gasteiger partial charge < -0.3 is 0 Å². The molecule has 0 aliphatic carbocycles. The van der Waals surface area contributed by atoms with Gasteiger partial charge in [-0.25, -0.2) is 4.98 Å². The van der Waals surface area contributed by atoms with Gasteiger partial charge in [-0.05, 0) is 46.6 Å². The number of aryl methyl sites for hydroxylation is 1. The minimum Gasteiger partial charge on any atom is -0.243 e. The molecular formula is C11H6BrF3N. The maximum atomic E-state index is 12.4. The number of nitrogens with zero attached hydrogens (tertiary/aromatic N) is 1. The molecule has 83 valence electrons. The van der Waals surface area contributed by atoms with Crippen LogP contribution in [0.25, 0.3) is 10.9 Å². The molecule has 0 fully saturated rings. The number of pyridine rings is 1. The van der Waals surface area contributed by atoms with Crippen molar-refractivity contribution in [2.24, 2.45) is 0 Å². The van der Waals surface area contributed by atoms with Gasteiger partial charge in [0.2, 0.25) is 0 Å². The summed E-state index contributed by atoms with van der Waals surface area (Å²) in [5.74, 6) is 0. The lowest BCUT2D eigenvalue weighted by Crippen LogP contribution is -2.07. The van der Waals surface area contributed by atoms with E-state index in [-0.39, 0.29) is 0 Å². The van der Waals surface area contributed by atoms with Crippen molar-refractivity contribution in [3.05, 3.63) is 40.0 Å². The predicted molar refractivity (Wildman–Crippen MR) is 58.0 cm³/mol. The summed E-state index contributed by atoms with van der Waals surface area (Å²) < 4.78 is 37.9. The van der Waals surface area contributed by atoms with E-state index in [1.54, 1.807) is 13.0 Å². The Morgan fingerprint density at radius 2 is 2.00 bits per heavy atom.